The minimum atomic E-state index is -0.899. The van der Waals surface area contributed by atoms with Crippen molar-refractivity contribution in [3.8, 4) is 0 Å². The lowest BCUT2D eigenvalue weighted by Crippen LogP contribution is -2.14. The lowest BCUT2D eigenvalue weighted by molar-refractivity contribution is 0.0466. The summed E-state index contributed by atoms with van der Waals surface area (Å²) < 4.78 is 19.8. The lowest BCUT2D eigenvalue weighted by Gasteiger charge is -2.05. The standard InChI is InChI=1S/C14H9ClFN3O3S/c1-7-5-11(20)19-14(17-7)23-10(18-19)6-22-13(21)12-8(15)3-2-4-9(12)16/h2-5H,6H2,1H3. The van der Waals surface area contributed by atoms with Crippen molar-refractivity contribution in [2.75, 3.05) is 0 Å². The maximum atomic E-state index is 13.6. The number of esters is 1. The Morgan fingerprint density at radius 1 is 1.48 bits per heavy atom. The summed E-state index contributed by atoms with van der Waals surface area (Å²) in [5, 5.41) is 4.35. The molecule has 3 aromatic rings. The van der Waals surface area contributed by atoms with Crippen LogP contribution in [0.3, 0.4) is 0 Å². The summed E-state index contributed by atoms with van der Waals surface area (Å²) in [6, 6.07) is 5.25. The lowest BCUT2D eigenvalue weighted by atomic mass is 10.2. The third-order valence-corrected chi connectivity index (χ3v) is 4.11. The smallest absolute Gasteiger partial charge is 0.343 e. The van der Waals surface area contributed by atoms with Gasteiger partial charge in [-0.25, -0.2) is 14.2 Å². The Bertz CT molecular complexity index is 949. The fourth-order valence-corrected chi connectivity index (χ4v) is 3.01. The number of aryl methyl sites for hydroxylation is 1. The number of carbonyl (C=O) groups excluding carboxylic acids is 1. The summed E-state index contributed by atoms with van der Waals surface area (Å²) in [5.74, 6) is -1.66. The molecule has 0 atom stereocenters. The summed E-state index contributed by atoms with van der Waals surface area (Å²) in [6.45, 7) is 1.48. The Labute approximate surface area is 138 Å². The molecule has 0 saturated carbocycles. The number of hydrogen-bond donors (Lipinski definition) is 0. The second-order valence-electron chi connectivity index (χ2n) is 4.60. The quantitative estimate of drug-likeness (QED) is 0.677. The maximum Gasteiger partial charge on any atom is 0.343 e. The van der Waals surface area contributed by atoms with E-state index in [1.165, 1.54) is 18.2 Å². The molecule has 1 aromatic carbocycles. The molecule has 0 amide bonds. The molecule has 0 aliphatic rings. The van der Waals surface area contributed by atoms with Crippen molar-refractivity contribution in [3.63, 3.8) is 0 Å². The van der Waals surface area contributed by atoms with Crippen LogP contribution in [-0.4, -0.2) is 20.6 Å². The predicted molar refractivity (Wildman–Crippen MR) is 82.4 cm³/mol. The molecule has 0 unspecified atom stereocenters. The third-order valence-electron chi connectivity index (χ3n) is 2.91. The van der Waals surface area contributed by atoms with Gasteiger partial charge in [-0.3, -0.25) is 4.79 Å². The van der Waals surface area contributed by atoms with E-state index in [-0.39, 0.29) is 22.8 Å². The molecule has 6 nitrogen and oxygen atoms in total. The SMILES string of the molecule is Cc1cc(=O)n2nc(COC(=O)c3c(F)cccc3Cl)sc2n1. The first-order valence-electron chi connectivity index (χ1n) is 6.43. The number of nitrogens with zero attached hydrogens (tertiary/aromatic N) is 3. The van der Waals surface area contributed by atoms with Gasteiger partial charge in [0.15, 0.2) is 5.01 Å². The van der Waals surface area contributed by atoms with Crippen molar-refractivity contribution < 1.29 is 13.9 Å². The summed E-state index contributed by atoms with van der Waals surface area (Å²) in [5.41, 5.74) is -0.0831. The Kier molecular flexibility index (Phi) is 4.10. The zero-order valence-electron chi connectivity index (χ0n) is 11.7. The van der Waals surface area contributed by atoms with Crippen LogP contribution in [0.2, 0.25) is 5.02 Å². The number of halogens is 2. The van der Waals surface area contributed by atoms with E-state index < -0.39 is 11.8 Å². The molecule has 0 N–H and O–H groups in total. The third kappa shape index (κ3) is 3.08. The van der Waals surface area contributed by atoms with Gasteiger partial charge in [0.1, 0.15) is 18.0 Å². The minimum Gasteiger partial charge on any atom is -0.454 e. The first kappa shape index (κ1) is 15.6. The van der Waals surface area contributed by atoms with Gasteiger partial charge < -0.3 is 4.74 Å². The van der Waals surface area contributed by atoms with E-state index >= 15 is 0 Å². The van der Waals surface area contributed by atoms with Crippen LogP contribution in [0.1, 0.15) is 21.1 Å². The Morgan fingerprint density at radius 2 is 2.26 bits per heavy atom. The monoisotopic (exact) mass is 353 g/mol. The highest BCUT2D eigenvalue weighted by molar-refractivity contribution is 7.16. The molecule has 23 heavy (non-hydrogen) atoms. The second kappa shape index (κ2) is 6.05. The molecule has 2 aromatic heterocycles. The van der Waals surface area contributed by atoms with Gasteiger partial charge in [0, 0.05) is 11.8 Å². The molecule has 0 bridgehead atoms. The van der Waals surface area contributed by atoms with Gasteiger partial charge in [0.2, 0.25) is 4.96 Å². The van der Waals surface area contributed by atoms with E-state index in [2.05, 4.69) is 10.1 Å². The topological polar surface area (TPSA) is 73.6 Å². The van der Waals surface area contributed by atoms with Gasteiger partial charge in [-0.1, -0.05) is 29.0 Å². The average molecular weight is 354 g/mol. The predicted octanol–water partition coefficient (Wildman–Crippen LogP) is 2.61. The Hall–Kier alpha value is -2.32. The molecule has 9 heteroatoms. The molecule has 118 valence electrons. The van der Waals surface area contributed by atoms with Crippen LogP contribution in [0.25, 0.3) is 4.96 Å². The van der Waals surface area contributed by atoms with Crippen molar-refractivity contribution in [2.45, 2.75) is 13.5 Å². The van der Waals surface area contributed by atoms with E-state index in [4.69, 9.17) is 16.3 Å². The van der Waals surface area contributed by atoms with Crippen LogP contribution in [0.15, 0.2) is 29.1 Å². The molecular weight excluding hydrogens is 345 g/mol. The number of fused-ring (bicyclic) bond motifs is 1. The highest BCUT2D eigenvalue weighted by Crippen LogP contribution is 2.21. The van der Waals surface area contributed by atoms with Crippen molar-refractivity contribution >= 4 is 33.9 Å². The maximum absolute atomic E-state index is 13.6. The van der Waals surface area contributed by atoms with Gasteiger partial charge in [-0.05, 0) is 19.1 Å². The number of rotatable bonds is 3. The highest BCUT2D eigenvalue weighted by atomic mass is 35.5. The molecule has 0 radical (unpaired) electrons. The first-order valence-corrected chi connectivity index (χ1v) is 7.62. The number of carbonyl (C=O) groups is 1. The van der Waals surface area contributed by atoms with Crippen molar-refractivity contribution in [3.05, 3.63) is 61.7 Å². The molecule has 3 rings (SSSR count). The molecular formula is C14H9ClFN3O3S. The van der Waals surface area contributed by atoms with Gasteiger partial charge in [-0.2, -0.15) is 9.61 Å². The zero-order chi connectivity index (χ0) is 16.6. The van der Waals surface area contributed by atoms with Gasteiger partial charge >= 0.3 is 5.97 Å². The summed E-state index contributed by atoms with van der Waals surface area (Å²) in [6.07, 6.45) is 0. The first-order chi connectivity index (χ1) is 11.0. The molecule has 0 saturated heterocycles. The molecule has 0 fully saturated rings. The van der Waals surface area contributed by atoms with Crippen molar-refractivity contribution in [1.29, 1.82) is 0 Å². The summed E-state index contributed by atoms with van der Waals surface area (Å²) >= 11 is 6.91. The molecule has 0 aliphatic carbocycles. The van der Waals surface area contributed by atoms with Crippen LogP contribution in [0.5, 0.6) is 0 Å². The zero-order valence-corrected chi connectivity index (χ0v) is 13.3. The number of ether oxygens (including phenoxy) is 1. The number of hydrogen-bond acceptors (Lipinski definition) is 6. The minimum absolute atomic E-state index is 0.0344. The van der Waals surface area contributed by atoms with E-state index in [0.717, 1.165) is 21.9 Å². The van der Waals surface area contributed by atoms with E-state index in [9.17, 15) is 14.0 Å². The van der Waals surface area contributed by atoms with Gasteiger partial charge in [0.05, 0.1) is 5.02 Å². The largest absolute Gasteiger partial charge is 0.454 e. The van der Waals surface area contributed by atoms with Crippen LogP contribution in [-0.2, 0) is 11.3 Å². The number of benzene rings is 1. The summed E-state index contributed by atoms with van der Waals surface area (Å²) in [7, 11) is 0. The number of aromatic nitrogens is 3. The molecule has 0 aliphatic heterocycles. The highest BCUT2D eigenvalue weighted by Gasteiger charge is 2.18. The van der Waals surface area contributed by atoms with Crippen LogP contribution in [0.4, 0.5) is 4.39 Å². The normalized spacial score (nSPS) is 10.9. The van der Waals surface area contributed by atoms with E-state index in [0.29, 0.717) is 15.7 Å². The fraction of sp³-hybridized carbons (Fsp3) is 0.143. The van der Waals surface area contributed by atoms with Gasteiger partial charge in [-0.15, -0.1) is 0 Å². The van der Waals surface area contributed by atoms with Crippen molar-refractivity contribution in [2.24, 2.45) is 0 Å². The molecule has 2 heterocycles. The second-order valence-corrected chi connectivity index (χ2v) is 6.05. The van der Waals surface area contributed by atoms with E-state index in [1.807, 2.05) is 0 Å². The summed E-state index contributed by atoms with van der Waals surface area (Å²) in [4.78, 5) is 28.3. The van der Waals surface area contributed by atoms with Gasteiger partial charge in [0.25, 0.3) is 5.56 Å². The van der Waals surface area contributed by atoms with Crippen LogP contribution >= 0.6 is 22.9 Å². The molecule has 0 spiro atoms. The Morgan fingerprint density at radius 3 is 3.00 bits per heavy atom. The average Bonchev–Trinajstić information content (AvgIpc) is 2.88. The fourth-order valence-electron chi connectivity index (χ4n) is 1.91. The van der Waals surface area contributed by atoms with Crippen molar-refractivity contribution in [1.82, 2.24) is 14.6 Å². The van der Waals surface area contributed by atoms with Crippen LogP contribution < -0.4 is 5.56 Å². The van der Waals surface area contributed by atoms with E-state index in [1.54, 1.807) is 6.92 Å². The Balaban J connectivity index is 1.82. The van der Waals surface area contributed by atoms with Crippen LogP contribution in [0, 0.1) is 12.7 Å².